The van der Waals surface area contributed by atoms with E-state index in [2.05, 4.69) is 45.4 Å². The number of hydrogen-bond donors (Lipinski definition) is 6. The van der Waals surface area contributed by atoms with Gasteiger partial charge in [0.15, 0.2) is 5.75 Å². The molecule has 4 aromatic carbocycles. The summed E-state index contributed by atoms with van der Waals surface area (Å²) in [7, 11) is -3.96. The van der Waals surface area contributed by atoms with Gasteiger partial charge in [0.25, 0.3) is 21.9 Å². The van der Waals surface area contributed by atoms with E-state index in [1.165, 1.54) is 18.2 Å². The lowest BCUT2D eigenvalue weighted by Crippen LogP contribution is -2.49. The predicted molar refractivity (Wildman–Crippen MR) is 360 cm³/mol. The number of hydrogen-bond acceptors (Lipinski definition) is 15. The molecule has 0 radical (unpaired) electrons. The van der Waals surface area contributed by atoms with Crippen LogP contribution < -0.4 is 36.6 Å². The van der Waals surface area contributed by atoms with Crippen LogP contribution in [0, 0.1) is 81.0 Å². The van der Waals surface area contributed by atoms with Crippen LogP contribution in [-0.4, -0.2) is 120 Å². The van der Waals surface area contributed by atoms with Crippen LogP contribution in [0.4, 0.5) is 21.9 Å². The van der Waals surface area contributed by atoms with Crippen LogP contribution in [0.25, 0.3) is 0 Å². The van der Waals surface area contributed by atoms with Crippen molar-refractivity contribution in [1.29, 1.82) is 0 Å². The van der Waals surface area contributed by atoms with Gasteiger partial charge in [0.2, 0.25) is 17.7 Å². The molecule has 0 bridgehead atoms. The Morgan fingerprint density at radius 3 is 1.50 bits per heavy atom. The number of amides is 6. The third kappa shape index (κ3) is 20.9. The van der Waals surface area contributed by atoms with E-state index in [9.17, 15) is 42.0 Å². The molecule has 21 nitrogen and oxygen atoms in total. The fraction of sp³-hybridized carbons (Fsp3) is 0.542. The maximum Gasteiger partial charge on any atom is 0.407 e. The number of ether oxygens (including phenoxy) is 5. The molecule has 0 heterocycles. The first-order valence-corrected chi connectivity index (χ1v) is 34.2. The Labute approximate surface area is 554 Å². The number of rotatable bonds is 26. The van der Waals surface area contributed by atoms with Crippen molar-refractivity contribution in [3.63, 3.8) is 0 Å². The highest BCUT2D eigenvalue weighted by Crippen LogP contribution is 2.40. The van der Waals surface area contributed by atoms with Gasteiger partial charge < -0.3 is 55.6 Å². The van der Waals surface area contributed by atoms with Gasteiger partial charge in [0, 0.05) is 52.8 Å². The van der Waals surface area contributed by atoms with Crippen molar-refractivity contribution in [2.75, 3.05) is 62.2 Å². The average Bonchev–Trinajstić information content (AvgIpc) is 0.833. The van der Waals surface area contributed by atoms with Gasteiger partial charge in [-0.05, 0) is 200 Å². The van der Waals surface area contributed by atoms with Gasteiger partial charge in [-0.2, -0.15) is 8.42 Å². The quantitative estimate of drug-likeness (QED) is 0.0148. The highest BCUT2D eigenvalue weighted by molar-refractivity contribution is 7.86. The Bertz CT molecular complexity index is 3480. The standard InChI is InChI=1S/C72H98N6O15S/c1-15-20-91-70(84)52-28-43(4)30-54(37-52)74-66(80)56-38-61(49(10)33-45(56)6)76-69(83)59-31-44(5)32-63(64(59)90-25-23-88-21-22-89-24-26-92-94(86,87)55-18-16-41(2)17-19-55)77-68(82)58-39-60(48(9)34-47(58)8)75-65(79)51-27-42(3)29-53(36-51)73-67(81)57-40-62(50(11)35-46(57)7)78-71(85)93-72(12,13)14/h15-19,27-32,36-37,45-50,56-58,60-62H,1,20-26,33-35,38-40H2,2-14H3,(H,73,81)(H,74,80)(H,75,79)(H,76,83)(H,77,82)(H,78,85)/t45-,46-,47-,48+,49+,50+,56+,57?,58+,60+,61+,62+/m1/s1. The summed E-state index contributed by atoms with van der Waals surface area (Å²) < 4.78 is 59.0. The van der Waals surface area contributed by atoms with E-state index in [1.54, 1.807) is 82.3 Å². The number of anilines is 3. The summed E-state index contributed by atoms with van der Waals surface area (Å²) in [6, 6.07) is 18.9. The van der Waals surface area contributed by atoms with Gasteiger partial charge in [0.05, 0.1) is 54.7 Å². The van der Waals surface area contributed by atoms with Crippen LogP contribution in [0.5, 0.6) is 5.75 Å². The maximum absolute atomic E-state index is 14.8. The Hall–Kier alpha value is -7.66. The minimum absolute atomic E-state index is 0.0109. The summed E-state index contributed by atoms with van der Waals surface area (Å²) in [6.07, 6.45) is 3.94. The largest absolute Gasteiger partial charge is 0.488 e. The first-order valence-electron chi connectivity index (χ1n) is 32.8. The first-order chi connectivity index (χ1) is 44.4. The van der Waals surface area contributed by atoms with Gasteiger partial charge in [-0.15, -0.1) is 0 Å². The molecule has 3 saturated carbocycles. The topological polar surface area (TPSA) is 281 Å². The molecule has 0 aromatic heterocycles. The molecular weight excluding hydrogens is 1220 g/mol. The van der Waals surface area contributed by atoms with E-state index < -0.39 is 63.5 Å². The predicted octanol–water partition coefficient (Wildman–Crippen LogP) is 11.4. The Kier molecular flexibility index (Phi) is 26.0. The zero-order valence-electron chi connectivity index (χ0n) is 56.9. The van der Waals surface area contributed by atoms with Crippen molar-refractivity contribution in [3.05, 3.63) is 124 Å². The number of carbonyl (C=O) groups is 7. The summed E-state index contributed by atoms with van der Waals surface area (Å²) in [5.74, 6) is -3.65. The Morgan fingerprint density at radius 2 is 0.979 bits per heavy atom. The number of esters is 1. The van der Waals surface area contributed by atoms with Crippen molar-refractivity contribution in [3.8, 4) is 5.75 Å². The maximum atomic E-state index is 14.8. The summed E-state index contributed by atoms with van der Waals surface area (Å²) in [5.41, 5.74) is 4.33. The van der Waals surface area contributed by atoms with Crippen molar-refractivity contribution < 1.29 is 69.8 Å². The zero-order valence-corrected chi connectivity index (χ0v) is 57.7. The molecule has 6 N–H and O–H groups in total. The van der Waals surface area contributed by atoms with Crippen molar-refractivity contribution >= 4 is 68.8 Å². The van der Waals surface area contributed by atoms with Crippen LogP contribution in [0.3, 0.4) is 0 Å². The van der Waals surface area contributed by atoms with Crippen molar-refractivity contribution in [2.24, 2.45) is 53.3 Å². The fourth-order valence-corrected chi connectivity index (χ4v) is 14.1. The fourth-order valence-electron chi connectivity index (χ4n) is 13.2. The summed E-state index contributed by atoms with van der Waals surface area (Å²) in [5, 5.41) is 18.6. The molecule has 7 rings (SSSR count). The second-order valence-electron chi connectivity index (χ2n) is 27.4. The number of benzene rings is 4. The minimum atomic E-state index is -3.96. The van der Waals surface area contributed by atoms with Gasteiger partial charge in [-0.3, -0.25) is 28.2 Å². The molecular formula is C72H98N6O15S. The molecule has 1 unspecified atom stereocenters. The van der Waals surface area contributed by atoms with Crippen molar-refractivity contribution in [2.45, 2.75) is 157 Å². The van der Waals surface area contributed by atoms with E-state index in [0.717, 1.165) is 23.1 Å². The number of carbonyl (C=O) groups excluding carboxylic acids is 7. The molecule has 0 spiro atoms. The molecule has 0 saturated heterocycles. The van der Waals surface area contributed by atoms with Crippen LogP contribution in [0.1, 0.15) is 154 Å². The average molecular weight is 1320 g/mol. The van der Waals surface area contributed by atoms with Gasteiger partial charge in [-0.1, -0.05) is 71.9 Å². The molecule has 94 heavy (non-hydrogen) atoms. The van der Waals surface area contributed by atoms with Gasteiger partial charge in [0.1, 0.15) is 18.8 Å². The number of aryl methyl sites for hydroxylation is 4. The van der Waals surface area contributed by atoms with Crippen LogP contribution in [0.2, 0.25) is 0 Å². The summed E-state index contributed by atoms with van der Waals surface area (Å²) in [4.78, 5) is 97.6. The highest BCUT2D eigenvalue weighted by Gasteiger charge is 2.42. The first kappa shape index (κ1) is 73.7. The van der Waals surface area contributed by atoms with E-state index in [4.69, 9.17) is 27.9 Å². The molecule has 4 aromatic rings. The molecule has 3 aliphatic carbocycles. The smallest absolute Gasteiger partial charge is 0.407 e. The number of alkyl carbamates (subject to hydrolysis) is 1. The Balaban J connectivity index is 1.03. The SMILES string of the molecule is C=CCOC(=O)c1cc(C)cc(NC(=O)[C@H]2C[C@H](NC(=O)c3cc(C)cc(NC(=O)[C@H]4C[C@H](NC(=O)c5cc(C)cc(NC(=O)C6C[C@H](NC(=O)OC(C)(C)C)[C@@H](C)C[C@H]6C)c5)[C@@H](C)C[C@H]4C)c3OCCOCCOCCOS(=O)(=O)c3ccc(C)cc3)[C@@H](C)C[C@H]2C)c1. The van der Waals surface area contributed by atoms with Crippen molar-refractivity contribution in [1.82, 2.24) is 16.0 Å². The highest BCUT2D eigenvalue weighted by atomic mass is 32.2. The zero-order chi connectivity index (χ0) is 68.8. The molecule has 0 aliphatic heterocycles. The third-order valence-corrected chi connectivity index (χ3v) is 19.4. The second-order valence-corrected chi connectivity index (χ2v) is 29.0. The molecule has 3 aliphatic rings. The van der Waals surface area contributed by atoms with Gasteiger partial charge in [-0.25, -0.2) is 9.59 Å². The summed E-state index contributed by atoms with van der Waals surface area (Å²) in [6.45, 7) is 28.6. The minimum Gasteiger partial charge on any atom is -0.488 e. The third-order valence-electron chi connectivity index (χ3n) is 18.1. The van der Waals surface area contributed by atoms with E-state index in [1.807, 2.05) is 61.5 Å². The molecule has 6 amide bonds. The normalized spacial score (nSPS) is 23.8. The monoisotopic (exact) mass is 1320 g/mol. The van der Waals surface area contributed by atoms with E-state index >= 15 is 0 Å². The number of nitrogens with one attached hydrogen (secondary N) is 6. The van der Waals surface area contributed by atoms with E-state index in [0.29, 0.717) is 54.6 Å². The summed E-state index contributed by atoms with van der Waals surface area (Å²) >= 11 is 0. The van der Waals surface area contributed by atoms with Crippen LogP contribution in [-0.2, 0) is 47.6 Å². The Morgan fingerprint density at radius 1 is 0.521 bits per heavy atom. The lowest BCUT2D eigenvalue weighted by atomic mass is 9.72. The lowest BCUT2D eigenvalue weighted by molar-refractivity contribution is -0.123. The molecule has 512 valence electrons. The van der Waals surface area contributed by atoms with Crippen LogP contribution in [0.15, 0.2) is 90.3 Å². The molecule has 3 fully saturated rings. The van der Waals surface area contributed by atoms with Gasteiger partial charge >= 0.3 is 12.1 Å². The molecule has 22 heteroatoms. The second kappa shape index (κ2) is 33.1. The lowest BCUT2D eigenvalue weighted by Gasteiger charge is -2.39. The van der Waals surface area contributed by atoms with E-state index in [-0.39, 0.29) is 139 Å². The van der Waals surface area contributed by atoms with Crippen LogP contribution >= 0.6 is 0 Å². The molecule has 12 atom stereocenters.